The van der Waals surface area contributed by atoms with Crippen molar-refractivity contribution >= 4 is 27.6 Å². The maximum absolute atomic E-state index is 12.4. The molecular weight excluding hydrogens is 406 g/mol. The van der Waals surface area contributed by atoms with Crippen LogP contribution in [0.15, 0.2) is 66.0 Å². The third-order valence-electron chi connectivity index (χ3n) is 5.80. The first-order chi connectivity index (χ1) is 15.7. The largest absolute Gasteiger partial charge is 0.493 e. The Labute approximate surface area is 184 Å². The number of hydrogen-bond donors (Lipinski definition) is 0. The molecule has 1 atom stereocenters. The van der Waals surface area contributed by atoms with Crippen LogP contribution < -0.4 is 20.1 Å². The van der Waals surface area contributed by atoms with E-state index in [0.29, 0.717) is 18.0 Å². The van der Waals surface area contributed by atoms with E-state index in [1.807, 2.05) is 48.8 Å². The van der Waals surface area contributed by atoms with Crippen molar-refractivity contribution < 1.29 is 9.47 Å². The lowest BCUT2D eigenvalue weighted by molar-refractivity contribution is 0.356. The van der Waals surface area contributed by atoms with Crippen LogP contribution in [-0.4, -0.2) is 40.3 Å². The molecular formula is C24H23N5O3. The summed E-state index contributed by atoms with van der Waals surface area (Å²) in [5.74, 6) is 2.32. The number of para-hydroxylation sites is 1. The maximum atomic E-state index is 12.4. The average Bonchev–Trinajstić information content (AvgIpc) is 2.83. The summed E-state index contributed by atoms with van der Waals surface area (Å²) in [6, 6.07) is 11.4. The number of aromatic nitrogens is 4. The van der Waals surface area contributed by atoms with Crippen molar-refractivity contribution in [2.24, 2.45) is 5.92 Å². The molecule has 32 heavy (non-hydrogen) atoms. The van der Waals surface area contributed by atoms with Crippen molar-refractivity contribution in [3.05, 3.63) is 71.7 Å². The lowest BCUT2D eigenvalue weighted by Crippen LogP contribution is -2.30. The summed E-state index contributed by atoms with van der Waals surface area (Å²) in [6.07, 6.45) is 8.49. The Morgan fingerprint density at radius 3 is 2.66 bits per heavy atom. The predicted octanol–water partition coefficient (Wildman–Crippen LogP) is 3.40. The number of ether oxygens (including phenoxy) is 2. The summed E-state index contributed by atoms with van der Waals surface area (Å²) >= 11 is 0. The van der Waals surface area contributed by atoms with Gasteiger partial charge in [-0.1, -0.05) is 24.3 Å². The second-order valence-corrected chi connectivity index (χ2v) is 7.74. The molecule has 0 bridgehead atoms. The summed E-state index contributed by atoms with van der Waals surface area (Å²) < 4.78 is 12.5. The molecule has 1 aliphatic heterocycles. The van der Waals surface area contributed by atoms with E-state index in [0.717, 1.165) is 40.6 Å². The van der Waals surface area contributed by atoms with Crippen LogP contribution in [0.5, 0.6) is 11.5 Å². The fourth-order valence-electron chi connectivity index (χ4n) is 4.10. The molecule has 8 nitrogen and oxygen atoms in total. The van der Waals surface area contributed by atoms with Gasteiger partial charge in [0.1, 0.15) is 12.1 Å². The van der Waals surface area contributed by atoms with E-state index in [2.05, 4.69) is 25.9 Å². The third kappa shape index (κ3) is 3.64. The number of methoxy groups -OCH3 is 2. The van der Waals surface area contributed by atoms with Crippen LogP contribution in [-0.2, 0) is 6.54 Å². The number of nitrogens with zero attached hydrogens (tertiary/aromatic N) is 5. The SMILES string of the molecule is COc1cc2ncnc(N3C=C[C@@H](Cn4cc5ccccc5nc4=O)CC3)c2cc1OC. The third-order valence-corrected chi connectivity index (χ3v) is 5.80. The van der Waals surface area contributed by atoms with Gasteiger partial charge < -0.3 is 14.4 Å². The number of benzene rings is 2. The number of allylic oxidation sites excluding steroid dienone is 1. The highest BCUT2D eigenvalue weighted by molar-refractivity contribution is 5.92. The topological polar surface area (TPSA) is 82.4 Å². The Morgan fingerprint density at radius 2 is 1.88 bits per heavy atom. The van der Waals surface area contributed by atoms with Gasteiger partial charge in [-0.05, 0) is 24.5 Å². The van der Waals surface area contributed by atoms with Crippen LogP contribution in [0.4, 0.5) is 5.82 Å². The highest BCUT2D eigenvalue weighted by Gasteiger charge is 2.19. The first kappa shape index (κ1) is 20.0. The second-order valence-electron chi connectivity index (χ2n) is 7.74. The summed E-state index contributed by atoms with van der Waals surface area (Å²) in [6.45, 7) is 1.37. The van der Waals surface area contributed by atoms with Crippen molar-refractivity contribution in [2.75, 3.05) is 25.7 Å². The molecule has 0 radical (unpaired) electrons. The quantitative estimate of drug-likeness (QED) is 0.481. The Bertz CT molecular complexity index is 1380. The number of hydrogen-bond acceptors (Lipinski definition) is 7. The molecule has 8 heteroatoms. The molecule has 4 aromatic rings. The molecule has 0 N–H and O–H groups in total. The average molecular weight is 429 g/mol. The van der Waals surface area contributed by atoms with Crippen molar-refractivity contribution in [3.63, 3.8) is 0 Å². The van der Waals surface area contributed by atoms with Crippen molar-refractivity contribution in [3.8, 4) is 11.5 Å². The minimum Gasteiger partial charge on any atom is -0.493 e. The van der Waals surface area contributed by atoms with Crippen molar-refractivity contribution in [2.45, 2.75) is 13.0 Å². The summed E-state index contributed by atoms with van der Waals surface area (Å²) in [5.41, 5.74) is 1.29. The second kappa shape index (κ2) is 8.30. The molecule has 0 fully saturated rings. The van der Waals surface area contributed by atoms with Crippen LogP contribution in [0.25, 0.3) is 21.8 Å². The van der Waals surface area contributed by atoms with Crippen LogP contribution in [0.1, 0.15) is 6.42 Å². The van der Waals surface area contributed by atoms with E-state index in [-0.39, 0.29) is 11.6 Å². The number of anilines is 1. The fraction of sp³-hybridized carbons (Fsp3) is 0.250. The molecule has 5 rings (SSSR count). The van der Waals surface area contributed by atoms with E-state index in [1.54, 1.807) is 25.1 Å². The first-order valence-electron chi connectivity index (χ1n) is 10.4. The summed E-state index contributed by atoms with van der Waals surface area (Å²) in [7, 11) is 3.22. The molecule has 1 aliphatic rings. The van der Waals surface area contributed by atoms with E-state index in [4.69, 9.17) is 9.47 Å². The zero-order valence-corrected chi connectivity index (χ0v) is 17.9. The molecule has 0 aliphatic carbocycles. The minimum atomic E-state index is -0.220. The van der Waals surface area contributed by atoms with Gasteiger partial charge in [0.2, 0.25) is 0 Å². The molecule has 0 spiro atoms. The fourth-order valence-corrected chi connectivity index (χ4v) is 4.10. The maximum Gasteiger partial charge on any atom is 0.348 e. The molecule has 162 valence electrons. The zero-order chi connectivity index (χ0) is 22.1. The standard InChI is InChI=1S/C24H23N5O3/c1-31-21-11-18-20(12-22(21)32-2)25-15-26-23(18)28-9-7-16(8-10-28)13-29-14-17-5-3-4-6-19(17)27-24(29)30/h3-7,9,11-12,14-16H,8,10,13H2,1-2H3/t16-/m1/s1. The summed E-state index contributed by atoms with van der Waals surface area (Å²) in [4.78, 5) is 27.6. The zero-order valence-electron chi connectivity index (χ0n) is 17.9. The van der Waals surface area contributed by atoms with Gasteiger partial charge in [-0.2, -0.15) is 4.98 Å². The lowest BCUT2D eigenvalue weighted by atomic mass is 10.0. The molecule has 0 saturated carbocycles. The van der Waals surface area contributed by atoms with Gasteiger partial charge in [0.15, 0.2) is 11.5 Å². The van der Waals surface area contributed by atoms with Gasteiger partial charge in [-0.25, -0.2) is 14.8 Å². The molecule has 3 heterocycles. The smallest absolute Gasteiger partial charge is 0.348 e. The highest BCUT2D eigenvalue weighted by Crippen LogP contribution is 2.35. The molecule has 0 saturated heterocycles. The van der Waals surface area contributed by atoms with Gasteiger partial charge in [0.05, 0.1) is 25.3 Å². The van der Waals surface area contributed by atoms with E-state index in [9.17, 15) is 4.79 Å². The van der Waals surface area contributed by atoms with E-state index >= 15 is 0 Å². The lowest BCUT2D eigenvalue weighted by Gasteiger charge is -2.28. The van der Waals surface area contributed by atoms with Crippen LogP contribution >= 0.6 is 0 Å². The van der Waals surface area contributed by atoms with E-state index < -0.39 is 0 Å². The summed E-state index contributed by atoms with van der Waals surface area (Å²) in [5, 5.41) is 1.86. The van der Waals surface area contributed by atoms with Gasteiger partial charge >= 0.3 is 5.69 Å². The van der Waals surface area contributed by atoms with Crippen LogP contribution in [0.2, 0.25) is 0 Å². The molecule has 0 amide bonds. The van der Waals surface area contributed by atoms with Gasteiger partial charge in [-0.3, -0.25) is 4.57 Å². The molecule has 2 aromatic heterocycles. The van der Waals surface area contributed by atoms with Gasteiger partial charge in [-0.15, -0.1) is 0 Å². The van der Waals surface area contributed by atoms with E-state index in [1.165, 1.54) is 0 Å². The van der Waals surface area contributed by atoms with Crippen LogP contribution in [0, 0.1) is 5.92 Å². The normalized spacial score (nSPS) is 15.9. The monoisotopic (exact) mass is 429 g/mol. The number of fused-ring (bicyclic) bond motifs is 2. The Morgan fingerprint density at radius 1 is 1.06 bits per heavy atom. The molecule has 2 aromatic carbocycles. The minimum absolute atomic E-state index is 0.220. The Balaban J connectivity index is 1.41. The molecule has 0 unspecified atom stereocenters. The van der Waals surface area contributed by atoms with Crippen molar-refractivity contribution in [1.82, 2.24) is 19.5 Å². The number of rotatable bonds is 5. The van der Waals surface area contributed by atoms with Crippen molar-refractivity contribution in [1.29, 1.82) is 0 Å². The Hall–Kier alpha value is -3.94. The van der Waals surface area contributed by atoms with Gasteiger partial charge in [0, 0.05) is 42.3 Å². The van der Waals surface area contributed by atoms with Crippen LogP contribution in [0.3, 0.4) is 0 Å². The Kier molecular flexibility index (Phi) is 5.18. The predicted molar refractivity (Wildman–Crippen MR) is 123 cm³/mol. The highest BCUT2D eigenvalue weighted by atomic mass is 16.5. The first-order valence-corrected chi connectivity index (χ1v) is 10.4. The van der Waals surface area contributed by atoms with Gasteiger partial charge in [0.25, 0.3) is 0 Å².